The SMILES string of the molecule is CCc1ccc2c(c1-c1cc(C(F)(F)F)cc(C(F)(F)F)c1)C=C(CC(C)C)[CH]2[Zr]([Cl])([Cl])([c]1cccc2c1[SiH2]c1ccccc1-2)[CH]1C(CC(C)C)=Cc2c1ccc(CC)c2-c1cc(C(F)(F)F)cc(C(F)(F)F)c1. The van der Waals surface area contributed by atoms with Crippen LogP contribution < -0.4 is 13.6 Å². The van der Waals surface area contributed by atoms with E-state index in [9.17, 15) is 69.7 Å². The second kappa shape index (κ2) is 19.0. The van der Waals surface area contributed by atoms with E-state index in [1.807, 2.05) is 88.4 Å². The van der Waals surface area contributed by atoms with Crippen LogP contribution in [0.5, 0.6) is 0 Å². The molecule has 0 nitrogen and oxygen atoms in total. The Hall–Kier alpha value is -4.36. The number of hydrogen-bond donors (Lipinski definition) is 0. The van der Waals surface area contributed by atoms with E-state index in [-0.39, 0.29) is 59.1 Å². The Kier molecular flexibility index (Phi) is 14.0. The summed E-state index contributed by atoms with van der Waals surface area (Å²) in [5.41, 5.74) is 0.137. The fourth-order valence-corrected chi connectivity index (χ4v) is 40.1. The van der Waals surface area contributed by atoms with Gasteiger partial charge < -0.3 is 0 Å². The van der Waals surface area contributed by atoms with E-state index in [1.54, 1.807) is 26.0 Å². The van der Waals surface area contributed by atoms with Crippen LogP contribution >= 0.6 is 17.0 Å². The molecule has 2 atom stereocenters. The second-order valence-electron chi connectivity index (χ2n) is 20.8. The molecule has 389 valence electrons. The Morgan fingerprint density at radius 1 is 0.500 bits per heavy atom. The molecule has 0 saturated carbocycles. The van der Waals surface area contributed by atoms with Gasteiger partial charge in [-0.2, -0.15) is 0 Å². The first-order valence-electron chi connectivity index (χ1n) is 24.6. The number of aryl methyl sites for hydroxylation is 2. The van der Waals surface area contributed by atoms with Crippen LogP contribution in [0, 0.1) is 11.8 Å². The molecule has 0 saturated heterocycles. The molecule has 0 spiro atoms. The number of halogens is 14. The molecule has 16 heteroatoms. The third-order valence-corrected chi connectivity index (χ3v) is 37.8. The number of benzene rings is 6. The molecule has 0 N–H and O–H groups in total. The van der Waals surface area contributed by atoms with Gasteiger partial charge in [0.1, 0.15) is 0 Å². The van der Waals surface area contributed by atoms with Crippen LogP contribution in [0.3, 0.4) is 0 Å². The fourth-order valence-electron chi connectivity index (χ4n) is 12.2. The van der Waals surface area contributed by atoms with Gasteiger partial charge in [0.05, 0.1) is 0 Å². The second-order valence-corrected chi connectivity index (χ2v) is 43.2. The Morgan fingerprint density at radius 3 is 1.27 bits per heavy atom. The van der Waals surface area contributed by atoms with Gasteiger partial charge >= 0.3 is 436 Å². The van der Waals surface area contributed by atoms with Gasteiger partial charge in [-0.1, -0.05) is 0 Å². The summed E-state index contributed by atoms with van der Waals surface area (Å²) in [5.74, 6) is -0.150. The molecule has 0 amide bonds. The number of alkyl halides is 12. The first kappa shape index (κ1) is 54.4. The van der Waals surface area contributed by atoms with Crippen LogP contribution in [0.15, 0.2) is 114 Å². The molecule has 2 aliphatic carbocycles. The maximum atomic E-state index is 14.6. The summed E-state index contributed by atoms with van der Waals surface area (Å²) < 4.78 is 174. The Balaban J connectivity index is 1.42. The first-order chi connectivity index (χ1) is 34.4. The summed E-state index contributed by atoms with van der Waals surface area (Å²) in [6.45, 7) is 11.5. The van der Waals surface area contributed by atoms with Gasteiger partial charge in [0, 0.05) is 0 Å². The molecule has 3 aliphatic rings. The molecule has 0 radical (unpaired) electrons. The van der Waals surface area contributed by atoms with Crippen LogP contribution in [0.25, 0.3) is 45.5 Å². The maximum absolute atomic E-state index is 14.6. The van der Waals surface area contributed by atoms with Gasteiger partial charge in [0.2, 0.25) is 0 Å². The van der Waals surface area contributed by atoms with Crippen molar-refractivity contribution in [2.75, 3.05) is 0 Å². The summed E-state index contributed by atoms with van der Waals surface area (Å²) in [6.07, 6.45) is -15.6. The van der Waals surface area contributed by atoms with Gasteiger partial charge in [-0.25, -0.2) is 0 Å². The van der Waals surface area contributed by atoms with Crippen molar-refractivity contribution in [1.29, 1.82) is 0 Å². The van der Waals surface area contributed by atoms with Gasteiger partial charge in [0.15, 0.2) is 0 Å². The van der Waals surface area contributed by atoms with Crippen molar-refractivity contribution in [2.45, 2.75) is 99.2 Å². The molecule has 0 bridgehead atoms. The zero-order chi connectivity index (χ0) is 53.9. The van der Waals surface area contributed by atoms with Gasteiger partial charge in [0.25, 0.3) is 0 Å². The molecule has 0 aromatic heterocycles. The van der Waals surface area contributed by atoms with Gasteiger partial charge in [-0.05, 0) is 0 Å². The number of rotatable bonds is 11. The van der Waals surface area contributed by atoms with Crippen LogP contribution in [0.2, 0.25) is 0 Å². The first-order valence-corrected chi connectivity index (χ1v) is 36.4. The number of hydrogen-bond acceptors (Lipinski definition) is 0. The van der Waals surface area contributed by atoms with Crippen molar-refractivity contribution >= 4 is 52.3 Å². The van der Waals surface area contributed by atoms with Gasteiger partial charge in [-0.15, -0.1) is 0 Å². The minimum absolute atomic E-state index is 0.0749. The van der Waals surface area contributed by atoms with Crippen molar-refractivity contribution in [1.82, 2.24) is 0 Å². The molecule has 1 aliphatic heterocycles. The van der Waals surface area contributed by atoms with E-state index < -0.39 is 80.1 Å². The third kappa shape index (κ3) is 9.41. The molecular weight excluding hydrogens is 1110 g/mol. The van der Waals surface area contributed by atoms with Crippen LogP contribution in [-0.4, -0.2) is 9.52 Å². The predicted octanol–water partition coefficient (Wildman–Crippen LogP) is 17.3. The zero-order valence-corrected chi connectivity index (χ0v) is 46.5. The molecule has 74 heavy (non-hydrogen) atoms. The Bertz CT molecular complexity index is 3070. The van der Waals surface area contributed by atoms with Crippen LogP contribution in [0.1, 0.15) is 117 Å². The molecule has 2 unspecified atom stereocenters. The van der Waals surface area contributed by atoms with E-state index in [0.717, 1.165) is 56.9 Å². The molecule has 9 rings (SSSR count). The summed E-state index contributed by atoms with van der Waals surface area (Å²) in [6, 6.07) is 24.1. The summed E-state index contributed by atoms with van der Waals surface area (Å²) >= 11 is -6.61. The van der Waals surface area contributed by atoms with Crippen molar-refractivity contribution in [3.63, 3.8) is 0 Å². The molecule has 0 fully saturated rings. The van der Waals surface area contributed by atoms with Crippen LogP contribution in [0.4, 0.5) is 52.7 Å². The molecule has 1 heterocycles. The topological polar surface area (TPSA) is 0 Å². The molecule has 6 aromatic carbocycles. The van der Waals surface area contributed by atoms with E-state index in [0.29, 0.717) is 49.5 Å². The van der Waals surface area contributed by atoms with E-state index in [2.05, 4.69) is 6.07 Å². The quantitative estimate of drug-likeness (QED) is 0.0894. The third-order valence-electron chi connectivity index (χ3n) is 15.0. The minimum atomic E-state index is -6.61. The zero-order valence-electron chi connectivity index (χ0n) is 41.1. The summed E-state index contributed by atoms with van der Waals surface area (Å²) in [5, 5.41) is 2.12. The summed E-state index contributed by atoms with van der Waals surface area (Å²) in [7, 11) is 17.0. The van der Waals surface area contributed by atoms with Crippen LogP contribution in [-0.2, 0) is 53.9 Å². The van der Waals surface area contributed by atoms with E-state index >= 15 is 0 Å². The average Bonchev–Trinajstić information content (AvgIpc) is 4.00. The standard InChI is InChI=1S/2C23H21F6.C12H9Si.2ClH.Zr/c2*1-4-15-5-6-16-8-14(7-13(2)3)9-20(16)21(15)17-10-18(22(24,25)26)12-19(11-17)23(27,28)29;1-3-7-11-9(5-1)10-6-2-4-8-12(10)13-11;;;/h2*5-6,8-13H,4,7H2,1-3H3;1-7H,13H2;2*1H;/q;;;;;+2/p-2. The predicted molar refractivity (Wildman–Crippen MR) is 274 cm³/mol. The van der Waals surface area contributed by atoms with Crippen molar-refractivity contribution < 1.29 is 69.1 Å². The normalized spacial score (nSPS) is 17.6. The van der Waals surface area contributed by atoms with E-state index in [1.165, 1.54) is 0 Å². The van der Waals surface area contributed by atoms with Crippen molar-refractivity contribution in [3.8, 4) is 33.4 Å². The van der Waals surface area contributed by atoms with Gasteiger partial charge in [-0.3, -0.25) is 0 Å². The fraction of sp³-hybridized carbons (Fsp3) is 0.310. The summed E-state index contributed by atoms with van der Waals surface area (Å²) in [4.78, 5) is 0. The average molecular weight is 1170 g/mol. The van der Waals surface area contributed by atoms with Crippen molar-refractivity contribution in [2.24, 2.45) is 11.8 Å². The molecule has 6 aromatic rings. The monoisotopic (exact) mass is 1160 g/mol. The number of allylic oxidation sites excluding steroid dienone is 2. The van der Waals surface area contributed by atoms with Crippen molar-refractivity contribution in [3.05, 3.63) is 170 Å². The Labute approximate surface area is 432 Å². The van der Waals surface area contributed by atoms with E-state index in [4.69, 9.17) is 0 Å². The number of fused-ring (bicyclic) bond motifs is 5. The molecular formula is C58H51Cl2F12SiZr. The Morgan fingerprint density at radius 2 is 0.892 bits per heavy atom.